The molecule has 0 fully saturated rings. The Morgan fingerprint density at radius 1 is 0.818 bits per heavy atom. The van der Waals surface area contributed by atoms with Crippen LogP contribution in [-0.2, 0) is 0 Å². The molecule has 8 heteroatoms. The quantitative estimate of drug-likeness (QED) is 0.290. The molecule has 1 N–H and O–H groups in total. The standard InChI is InChI=1S/C25H15Cl2N3O3/c26-18-11-10-16(14-19(18)27)21-12-13-22(32-21)24(31)28-20-9-5-4-8-17(20)25-29-23(30-33-25)15-6-2-1-3-7-15/h1-14H,(H,28,31). The van der Waals surface area contributed by atoms with Crippen molar-refractivity contribution >= 4 is 34.8 Å². The third-order valence-corrected chi connectivity index (χ3v) is 5.64. The SMILES string of the molecule is O=C(Nc1ccccc1-c1nc(-c2ccccc2)no1)c1ccc(-c2ccc(Cl)c(Cl)c2)o1. The molecule has 162 valence electrons. The zero-order valence-electron chi connectivity index (χ0n) is 17.0. The number of rotatable bonds is 5. The minimum atomic E-state index is -0.420. The highest BCUT2D eigenvalue weighted by atomic mass is 35.5. The zero-order valence-corrected chi connectivity index (χ0v) is 18.5. The number of nitrogens with one attached hydrogen (secondary N) is 1. The Bertz CT molecular complexity index is 1440. The maximum atomic E-state index is 12.9. The highest BCUT2D eigenvalue weighted by Crippen LogP contribution is 2.31. The highest BCUT2D eigenvalue weighted by Gasteiger charge is 2.18. The predicted octanol–water partition coefficient (Wildman–Crippen LogP) is 7.22. The van der Waals surface area contributed by atoms with E-state index < -0.39 is 5.91 Å². The van der Waals surface area contributed by atoms with Gasteiger partial charge >= 0.3 is 0 Å². The van der Waals surface area contributed by atoms with Gasteiger partial charge in [-0.3, -0.25) is 4.79 Å². The zero-order chi connectivity index (χ0) is 22.8. The van der Waals surface area contributed by atoms with Crippen LogP contribution in [-0.4, -0.2) is 16.0 Å². The van der Waals surface area contributed by atoms with Gasteiger partial charge in [0.25, 0.3) is 11.8 Å². The number of aromatic nitrogens is 2. The number of amides is 1. The summed E-state index contributed by atoms with van der Waals surface area (Å²) in [6.07, 6.45) is 0. The van der Waals surface area contributed by atoms with E-state index in [2.05, 4.69) is 15.5 Å². The first-order chi connectivity index (χ1) is 16.1. The van der Waals surface area contributed by atoms with Crippen molar-refractivity contribution in [2.75, 3.05) is 5.32 Å². The van der Waals surface area contributed by atoms with Crippen LogP contribution in [0.1, 0.15) is 10.6 Å². The van der Waals surface area contributed by atoms with Gasteiger partial charge in [0.2, 0.25) is 5.82 Å². The Hall–Kier alpha value is -3.87. The molecule has 0 bridgehead atoms. The molecule has 2 aromatic heterocycles. The summed E-state index contributed by atoms with van der Waals surface area (Å²) >= 11 is 12.1. The summed E-state index contributed by atoms with van der Waals surface area (Å²) in [6.45, 7) is 0. The summed E-state index contributed by atoms with van der Waals surface area (Å²) in [5.41, 5.74) is 2.65. The molecule has 0 saturated carbocycles. The van der Waals surface area contributed by atoms with Crippen molar-refractivity contribution in [2.45, 2.75) is 0 Å². The lowest BCUT2D eigenvalue weighted by atomic mass is 10.1. The van der Waals surface area contributed by atoms with Crippen LogP contribution in [0.5, 0.6) is 0 Å². The second kappa shape index (κ2) is 8.94. The van der Waals surface area contributed by atoms with Crippen LogP contribution in [0, 0.1) is 0 Å². The molecule has 0 aliphatic carbocycles. The fourth-order valence-electron chi connectivity index (χ4n) is 3.26. The van der Waals surface area contributed by atoms with E-state index in [1.807, 2.05) is 36.4 Å². The minimum absolute atomic E-state index is 0.140. The van der Waals surface area contributed by atoms with Crippen molar-refractivity contribution in [2.24, 2.45) is 0 Å². The van der Waals surface area contributed by atoms with E-state index >= 15 is 0 Å². The lowest BCUT2D eigenvalue weighted by molar-refractivity contribution is 0.0997. The van der Waals surface area contributed by atoms with Crippen molar-refractivity contribution in [3.8, 4) is 34.2 Å². The molecular formula is C25H15Cl2N3O3. The molecule has 1 amide bonds. The van der Waals surface area contributed by atoms with E-state index in [0.717, 1.165) is 5.56 Å². The highest BCUT2D eigenvalue weighted by molar-refractivity contribution is 6.42. The molecule has 5 aromatic rings. The van der Waals surface area contributed by atoms with Gasteiger partial charge in [-0.25, -0.2) is 0 Å². The number of hydrogen-bond donors (Lipinski definition) is 1. The normalized spacial score (nSPS) is 10.8. The molecule has 0 radical (unpaired) electrons. The average Bonchev–Trinajstić information content (AvgIpc) is 3.52. The second-order valence-corrected chi connectivity index (χ2v) is 7.90. The Labute approximate surface area is 198 Å². The number of nitrogens with zero attached hydrogens (tertiary/aromatic N) is 2. The molecule has 0 atom stereocenters. The summed E-state index contributed by atoms with van der Waals surface area (Å²) in [5, 5.41) is 7.75. The Morgan fingerprint density at radius 3 is 2.42 bits per heavy atom. The molecule has 0 aliphatic rings. The number of anilines is 1. The van der Waals surface area contributed by atoms with Crippen LogP contribution in [0.4, 0.5) is 5.69 Å². The molecule has 33 heavy (non-hydrogen) atoms. The van der Waals surface area contributed by atoms with Crippen molar-refractivity contribution in [1.29, 1.82) is 0 Å². The third kappa shape index (κ3) is 4.39. The van der Waals surface area contributed by atoms with Crippen molar-refractivity contribution < 1.29 is 13.7 Å². The molecule has 3 aromatic carbocycles. The molecule has 6 nitrogen and oxygen atoms in total. The van der Waals surface area contributed by atoms with E-state index in [0.29, 0.717) is 44.3 Å². The Kier molecular flexibility index (Phi) is 5.69. The Balaban J connectivity index is 1.39. The van der Waals surface area contributed by atoms with Gasteiger partial charge in [0.05, 0.1) is 21.3 Å². The van der Waals surface area contributed by atoms with Crippen molar-refractivity contribution in [1.82, 2.24) is 10.1 Å². The lowest BCUT2D eigenvalue weighted by Gasteiger charge is -2.07. The minimum Gasteiger partial charge on any atom is -0.451 e. The van der Waals surface area contributed by atoms with Gasteiger partial charge < -0.3 is 14.3 Å². The smallest absolute Gasteiger partial charge is 0.291 e. The summed E-state index contributed by atoms with van der Waals surface area (Å²) < 4.78 is 11.2. The fourth-order valence-corrected chi connectivity index (χ4v) is 3.56. The van der Waals surface area contributed by atoms with E-state index in [9.17, 15) is 4.79 Å². The molecular weight excluding hydrogens is 461 g/mol. The van der Waals surface area contributed by atoms with Gasteiger partial charge in [-0.15, -0.1) is 0 Å². The van der Waals surface area contributed by atoms with Crippen molar-refractivity contribution in [3.63, 3.8) is 0 Å². The average molecular weight is 476 g/mol. The van der Waals surface area contributed by atoms with Gasteiger partial charge in [0.1, 0.15) is 5.76 Å². The van der Waals surface area contributed by atoms with Gasteiger partial charge in [-0.1, -0.05) is 70.8 Å². The number of benzene rings is 3. The van der Waals surface area contributed by atoms with Crippen LogP contribution in [0.3, 0.4) is 0 Å². The largest absolute Gasteiger partial charge is 0.451 e. The third-order valence-electron chi connectivity index (χ3n) is 4.90. The fraction of sp³-hybridized carbons (Fsp3) is 0. The van der Waals surface area contributed by atoms with Crippen LogP contribution in [0.2, 0.25) is 10.0 Å². The van der Waals surface area contributed by atoms with Gasteiger partial charge in [0.15, 0.2) is 5.76 Å². The van der Waals surface area contributed by atoms with Crippen molar-refractivity contribution in [3.05, 3.63) is 101 Å². The monoisotopic (exact) mass is 475 g/mol. The number of hydrogen-bond acceptors (Lipinski definition) is 5. The van der Waals surface area contributed by atoms with Gasteiger partial charge in [-0.05, 0) is 42.5 Å². The van der Waals surface area contributed by atoms with E-state index in [4.69, 9.17) is 32.1 Å². The number of carbonyl (C=O) groups is 1. The Morgan fingerprint density at radius 2 is 1.61 bits per heavy atom. The van der Waals surface area contributed by atoms with E-state index in [1.54, 1.807) is 48.5 Å². The van der Waals surface area contributed by atoms with E-state index in [1.165, 1.54) is 0 Å². The first-order valence-electron chi connectivity index (χ1n) is 9.93. The number of halogens is 2. The topological polar surface area (TPSA) is 81.2 Å². The number of carbonyl (C=O) groups excluding carboxylic acids is 1. The maximum Gasteiger partial charge on any atom is 0.291 e. The number of furan rings is 1. The van der Waals surface area contributed by atoms with Gasteiger partial charge in [0, 0.05) is 11.1 Å². The first kappa shape index (κ1) is 21.0. The summed E-state index contributed by atoms with van der Waals surface area (Å²) in [7, 11) is 0. The van der Waals surface area contributed by atoms with Crippen LogP contribution < -0.4 is 5.32 Å². The summed E-state index contributed by atoms with van der Waals surface area (Å²) in [5.74, 6) is 0.971. The molecule has 5 rings (SSSR count). The molecule has 0 unspecified atom stereocenters. The number of para-hydroxylation sites is 1. The van der Waals surface area contributed by atoms with Crippen LogP contribution in [0.15, 0.2) is 93.9 Å². The molecule has 0 saturated heterocycles. The summed E-state index contributed by atoms with van der Waals surface area (Å²) in [6, 6.07) is 25.1. The summed E-state index contributed by atoms with van der Waals surface area (Å²) in [4.78, 5) is 17.3. The molecule has 2 heterocycles. The predicted molar refractivity (Wildman–Crippen MR) is 127 cm³/mol. The van der Waals surface area contributed by atoms with E-state index in [-0.39, 0.29) is 5.76 Å². The second-order valence-electron chi connectivity index (χ2n) is 7.08. The molecule has 0 spiro atoms. The van der Waals surface area contributed by atoms with Crippen LogP contribution in [0.25, 0.3) is 34.2 Å². The molecule has 0 aliphatic heterocycles. The van der Waals surface area contributed by atoms with Gasteiger partial charge in [-0.2, -0.15) is 4.98 Å². The maximum absolute atomic E-state index is 12.9. The van der Waals surface area contributed by atoms with Crippen LogP contribution >= 0.6 is 23.2 Å². The first-order valence-corrected chi connectivity index (χ1v) is 10.7. The lowest BCUT2D eigenvalue weighted by Crippen LogP contribution is -2.11.